The second-order valence-electron chi connectivity index (χ2n) is 7.94. The Morgan fingerprint density at radius 3 is 2.31 bits per heavy atom. The molecule has 3 rings (SSSR count). The highest BCUT2D eigenvalue weighted by Crippen LogP contribution is 2.48. The van der Waals surface area contributed by atoms with Gasteiger partial charge >= 0.3 is 17.9 Å². The van der Waals surface area contributed by atoms with Gasteiger partial charge in [-0.15, -0.1) is 0 Å². The minimum absolute atomic E-state index is 0.0726. The Morgan fingerprint density at radius 2 is 1.74 bits per heavy atom. The summed E-state index contributed by atoms with van der Waals surface area (Å²) in [6, 6.07) is 5.09. The summed E-state index contributed by atoms with van der Waals surface area (Å²) in [6.07, 6.45) is -3.60. The Balaban J connectivity index is 2.10. The number of benzene rings is 2. The number of carbonyl (C=O) groups is 3. The molecule has 4 atom stereocenters. The van der Waals surface area contributed by atoms with Gasteiger partial charge < -0.3 is 33.5 Å². The third-order valence-corrected chi connectivity index (χ3v) is 6.12. The summed E-state index contributed by atoms with van der Waals surface area (Å²) >= 11 is 3.44. The molecule has 1 saturated heterocycles. The Labute approximate surface area is 210 Å². The van der Waals surface area contributed by atoms with Crippen LogP contribution in [0, 0.1) is 0 Å². The van der Waals surface area contributed by atoms with E-state index in [0.29, 0.717) is 32.3 Å². The predicted molar refractivity (Wildman–Crippen MR) is 126 cm³/mol. The van der Waals surface area contributed by atoms with E-state index in [0.717, 1.165) is 0 Å². The van der Waals surface area contributed by atoms with Crippen molar-refractivity contribution in [1.82, 2.24) is 0 Å². The lowest BCUT2D eigenvalue weighted by atomic mass is 9.91. The molecule has 1 aliphatic rings. The van der Waals surface area contributed by atoms with Crippen LogP contribution in [0.4, 0.5) is 0 Å². The van der Waals surface area contributed by atoms with Gasteiger partial charge in [0.2, 0.25) is 0 Å². The van der Waals surface area contributed by atoms with E-state index in [9.17, 15) is 19.5 Å². The van der Waals surface area contributed by atoms with Crippen LogP contribution in [0.25, 0.3) is 10.8 Å². The number of aromatic hydroxyl groups is 1. The summed E-state index contributed by atoms with van der Waals surface area (Å²) in [7, 11) is 2.99. The fourth-order valence-electron chi connectivity index (χ4n) is 4.19. The Kier molecular flexibility index (Phi) is 8.44. The first-order valence-electron chi connectivity index (χ1n) is 10.8. The molecule has 2 aromatic rings. The highest BCUT2D eigenvalue weighted by molar-refractivity contribution is 9.10. The molecular weight excluding hydrogens is 528 g/mol. The Bertz CT molecular complexity index is 1130. The number of phenolic OH excluding ortho intramolecular Hbond substituents is 1. The molecule has 1 fully saturated rings. The summed E-state index contributed by atoms with van der Waals surface area (Å²) < 4.78 is 33.7. The molecule has 0 amide bonds. The molecule has 1 N–H and O–H groups in total. The van der Waals surface area contributed by atoms with Crippen molar-refractivity contribution in [2.24, 2.45) is 0 Å². The number of methoxy groups -OCH3 is 2. The van der Waals surface area contributed by atoms with Crippen molar-refractivity contribution in [1.29, 1.82) is 0 Å². The van der Waals surface area contributed by atoms with E-state index in [4.69, 9.17) is 28.4 Å². The van der Waals surface area contributed by atoms with Gasteiger partial charge in [0.05, 0.1) is 30.2 Å². The number of esters is 3. The first-order chi connectivity index (χ1) is 16.6. The van der Waals surface area contributed by atoms with E-state index in [-0.39, 0.29) is 18.8 Å². The number of ether oxygens (including phenoxy) is 6. The summed E-state index contributed by atoms with van der Waals surface area (Å²) in [6.45, 7) is 3.43. The maximum atomic E-state index is 11.8. The second-order valence-corrected chi connectivity index (χ2v) is 8.80. The number of hydrogen-bond donors (Lipinski definition) is 1. The SMILES string of the molecule is COc1c(Br)cc(OC)c2c(O)c([C@H]3C[C@@H](OC(C)=O)[C@H](OC(C)=O)[C@@H](COC(C)=O)O3)ccc12. The monoisotopic (exact) mass is 554 g/mol. The molecule has 0 saturated carbocycles. The molecule has 0 unspecified atom stereocenters. The van der Waals surface area contributed by atoms with Gasteiger partial charge in [-0.3, -0.25) is 14.4 Å². The third-order valence-electron chi connectivity index (χ3n) is 5.53. The lowest BCUT2D eigenvalue weighted by Crippen LogP contribution is -2.51. The summed E-state index contributed by atoms with van der Waals surface area (Å²) in [5.41, 5.74) is 0.381. The molecule has 0 radical (unpaired) electrons. The van der Waals surface area contributed by atoms with Crippen molar-refractivity contribution in [2.75, 3.05) is 20.8 Å². The van der Waals surface area contributed by atoms with Crippen LogP contribution in [-0.2, 0) is 33.3 Å². The molecule has 0 spiro atoms. The smallest absolute Gasteiger partial charge is 0.303 e. The summed E-state index contributed by atoms with van der Waals surface area (Å²) in [5.74, 6) is -0.969. The van der Waals surface area contributed by atoms with Gasteiger partial charge in [-0.05, 0) is 28.1 Å². The summed E-state index contributed by atoms with van der Waals surface area (Å²) in [5, 5.41) is 12.3. The first kappa shape index (κ1) is 26.6. The van der Waals surface area contributed by atoms with E-state index in [1.54, 1.807) is 18.2 Å². The van der Waals surface area contributed by atoms with Crippen molar-refractivity contribution >= 4 is 44.6 Å². The third kappa shape index (κ3) is 5.79. The molecule has 2 aromatic carbocycles. The fraction of sp³-hybridized carbons (Fsp3) is 0.458. The van der Waals surface area contributed by atoms with Crippen LogP contribution in [0.3, 0.4) is 0 Å². The lowest BCUT2D eigenvalue weighted by Gasteiger charge is -2.40. The van der Waals surface area contributed by atoms with E-state index in [1.165, 1.54) is 35.0 Å². The van der Waals surface area contributed by atoms with Crippen LogP contribution >= 0.6 is 15.9 Å². The van der Waals surface area contributed by atoms with Crippen molar-refractivity contribution in [2.45, 2.75) is 51.6 Å². The fourth-order valence-corrected chi connectivity index (χ4v) is 4.77. The molecule has 0 aliphatic carbocycles. The van der Waals surface area contributed by atoms with Crippen LogP contribution in [0.5, 0.6) is 17.2 Å². The second kappa shape index (κ2) is 11.1. The standard InChI is InChI=1S/C24H27BrO10/c1-11(26)32-10-20-24(34-13(3)28)19(33-12(2)27)9-17(35-20)14-6-7-15-21(22(14)29)18(30-4)8-16(25)23(15)31-5/h6-8,17,19-20,24,29H,9-10H2,1-5H3/t17-,19-,20-,24+/m1/s1. The molecule has 0 aromatic heterocycles. The van der Waals surface area contributed by atoms with Crippen LogP contribution in [-0.4, -0.2) is 62.2 Å². The van der Waals surface area contributed by atoms with Gasteiger partial charge in [0.1, 0.15) is 36.1 Å². The maximum absolute atomic E-state index is 11.8. The number of rotatable bonds is 7. The molecule has 0 bridgehead atoms. The van der Waals surface area contributed by atoms with Crippen LogP contribution in [0.2, 0.25) is 0 Å². The average molecular weight is 555 g/mol. The molecule has 11 heteroatoms. The van der Waals surface area contributed by atoms with Crippen molar-refractivity contribution in [3.05, 3.63) is 28.2 Å². The van der Waals surface area contributed by atoms with Gasteiger partial charge in [-0.1, -0.05) is 6.07 Å². The van der Waals surface area contributed by atoms with E-state index in [2.05, 4.69) is 15.9 Å². The molecular formula is C24H27BrO10. The average Bonchev–Trinajstić information content (AvgIpc) is 2.78. The Hall–Kier alpha value is -3.05. The maximum Gasteiger partial charge on any atom is 0.303 e. The number of hydrogen-bond acceptors (Lipinski definition) is 10. The van der Waals surface area contributed by atoms with Crippen LogP contribution in [0.1, 0.15) is 38.9 Å². The highest BCUT2D eigenvalue weighted by atomic mass is 79.9. The molecule has 190 valence electrons. The normalized spacial score (nSPS) is 21.8. The first-order valence-corrected chi connectivity index (χ1v) is 11.6. The number of halogens is 1. The van der Waals surface area contributed by atoms with Crippen molar-refractivity contribution in [3.63, 3.8) is 0 Å². The molecule has 35 heavy (non-hydrogen) atoms. The molecule has 1 aliphatic heterocycles. The molecule has 10 nitrogen and oxygen atoms in total. The minimum atomic E-state index is -1.01. The van der Waals surface area contributed by atoms with E-state index < -0.39 is 42.3 Å². The zero-order valence-corrected chi connectivity index (χ0v) is 21.5. The van der Waals surface area contributed by atoms with Crippen molar-refractivity contribution < 1.29 is 47.9 Å². The van der Waals surface area contributed by atoms with Crippen LogP contribution < -0.4 is 9.47 Å². The Morgan fingerprint density at radius 1 is 1.06 bits per heavy atom. The van der Waals surface area contributed by atoms with Crippen molar-refractivity contribution in [3.8, 4) is 17.2 Å². The minimum Gasteiger partial charge on any atom is -0.507 e. The zero-order valence-electron chi connectivity index (χ0n) is 20.0. The van der Waals surface area contributed by atoms with Gasteiger partial charge in [-0.25, -0.2) is 0 Å². The number of phenols is 1. The van der Waals surface area contributed by atoms with Gasteiger partial charge in [-0.2, -0.15) is 0 Å². The van der Waals surface area contributed by atoms with Gasteiger partial charge in [0.25, 0.3) is 0 Å². The van der Waals surface area contributed by atoms with Gasteiger partial charge in [0, 0.05) is 38.1 Å². The predicted octanol–water partition coefficient (Wildman–Crippen LogP) is 3.58. The molecule has 1 heterocycles. The van der Waals surface area contributed by atoms with E-state index in [1.807, 2.05) is 0 Å². The van der Waals surface area contributed by atoms with Gasteiger partial charge in [0.15, 0.2) is 6.10 Å². The lowest BCUT2D eigenvalue weighted by molar-refractivity contribution is -0.216. The largest absolute Gasteiger partial charge is 0.507 e. The quantitative estimate of drug-likeness (QED) is 0.400. The zero-order chi connectivity index (χ0) is 25.9. The van der Waals surface area contributed by atoms with Crippen LogP contribution in [0.15, 0.2) is 22.7 Å². The number of fused-ring (bicyclic) bond motifs is 1. The summed E-state index contributed by atoms with van der Waals surface area (Å²) in [4.78, 5) is 35.0. The number of carbonyl (C=O) groups excluding carboxylic acids is 3. The highest BCUT2D eigenvalue weighted by Gasteiger charge is 2.44. The topological polar surface area (TPSA) is 127 Å². The van der Waals surface area contributed by atoms with E-state index >= 15 is 0 Å².